The van der Waals surface area contributed by atoms with Crippen molar-refractivity contribution >= 4 is 21.6 Å². The summed E-state index contributed by atoms with van der Waals surface area (Å²) in [6.07, 6.45) is 1.07. The lowest BCUT2D eigenvalue weighted by Gasteiger charge is -2.10. The van der Waals surface area contributed by atoms with E-state index in [2.05, 4.69) is 23.9 Å². The summed E-state index contributed by atoms with van der Waals surface area (Å²) >= 11 is 6.10. The largest absolute Gasteiger partial charge is 0.316 e. The zero-order valence-corrected chi connectivity index (χ0v) is 13.6. The molecule has 0 amide bonds. The smallest absolute Gasteiger partial charge is 0.240 e. The van der Waals surface area contributed by atoms with Crippen molar-refractivity contribution in [3.05, 3.63) is 28.8 Å². The van der Waals surface area contributed by atoms with E-state index in [0.717, 1.165) is 12.0 Å². The highest BCUT2D eigenvalue weighted by molar-refractivity contribution is 7.89. The monoisotopic (exact) mass is 316 g/mol. The van der Waals surface area contributed by atoms with Crippen LogP contribution in [0.25, 0.3) is 0 Å². The van der Waals surface area contributed by atoms with Gasteiger partial charge in [0.25, 0.3) is 0 Å². The topological polar surface area (TPSA) is 58.2 Å². The van der Waals surface area contributed by atoms with Crippen LogP contribution in [0.5, 0.6) is 0 Å². The Kier molecular flexibility index (Phi) is 4.44. The molecule has 1 aromatic rings. The molecular weight excluding hydrogens is 296 g/mol. The lowest BCUT2D eigenvalue weighted by Crippen LogP contribution is -2.27. The van der Waals surface area contributed by atoms with Crippen LogP contribution in [0, 0.1) is 11.3 Å². The first kappa shape index (κ1) is 15.8. The number of rotatable bonds is 6. The summed E-state index contributed by atoms with van der Waals surface area (Å²) in [5.74, 6) is 0.427. The molecule has 0 saturated heterocycles. The Balaban J connectivity index is 2.07. The standard InChI is InChI=1S/C14H21ClN2O2S/c1-14(2)7-11(14)9-17-20(18,19)12-5-4-10(8-16-3)13(15)6-12/h4-6,11,16-17H,7-9H2,1-3H3. The maximum absolute atomic E-state index is 12.2. The molecule has 1 aliphatic carbocycles. The Bertz CT molecular complexity index is 599. The van der Waals surface area contributed by atoms with Gasteiger partial charge in [-0.05, 0) is 42.5 Å². The summed E-state index contributed by atoms with van der Waals surface area (Å²) in [7, 11) is -1.66. The number of hydrogen-bond donors (Lipinski definition) is 2. The molecule has 112 valence electrons. The Morgan fingerprint density at radius 3 is 2.55 bits per heavy atom. The third-order valence-electron chi connectivity index (χ3n) is 3.94. The highest BCUT2D eigenvalue weighted by Crippen LogP contribution is 2.51. The second-order valence-electron chi connectivity index (χ2n) is 6.03. The summed E-state index contributed by atoms with van der Waals surface area (Å²) in [4.78, 5) is 0.223. The van der Waals surface area contributed by atoms with E-state index < -0.39 is 10.0 Å². The van der Waals surface area contributed by atoms with Crippen LogP contribution in [-0.4, -0.2) is 22.0 Å². The van der Waals surface area contributed by atoms with E-state index in [1.165, 1.54) is 6.07 Å². The summed E-state index contributed by atoms with van der Waals surface area (Å²) in [6.45, 7) is 5.40. The first-order chi connectivity index (χ1) is 9.26. The number of halogens is 1. The van der Waals surface area contributed by atoms with E-state index in [9.17, 15) is 8.42 Å². The normalized spacial score (nSPS) is 20.9. The fourth-order valence-electron chi connectivity index (χ4n) is 2.25. The summed E-state index contributed by atoms with van der Waals surface area (Å²) in [6, 6.07) is 4.85. The molecular formula is C14H21ClN2O2S. The highest BCUT2D eigenvalue weighted by atomic mass is 35.5. The van der Waals surface area contributed by atoms with Gasteiger partial charge >= 0.3 is 0 Å². The minimum Gasteiger partial charge on any atom is -0.316 e. The predicted octanol–water partition coefficient (Wildman–Crippen LogP) is 2.38. The maximum Gasteiger partial charge on any atom is 0.240 e. The van der Waals surface area contributed by atoms with Crippen LogP contribution in [-0.2, 0) is 16.6 Å². The van der Waals surface area contributed by atoms with E-state index in [1.54, 1.807) is 12.1 Å². The first-order valence-corrected chi connectivity index (χ1v) is 8.55. The molecule has 0 spiro atoms. The van der Waals surface area contributed by atoms with Crippen molar-refractivity contribution in [2.24, 2.45) is 11.3 Å². The van der Waals surface area contributed by atoms with E-state index in [0.29, 0.717) is 24.0 Å². The van der Waals surface area contributed by atoms with Gasteiger partial charge in [0.2, 0.25) is 10.0 Å². The Morgan fingerprint density at radius 1 is 1.40 bits per heavy atom. The first-order valence-electron chi connectivity index (χ1n) is 6.69. The molecule has 1 aromatic carbocycles. The second kappa shape index (κ2) is 5.64. The van der Waals surface area contributed by atoms with Gasteiger partial charge in [-0.1, -0.05) is 31.5 Å². The van der Waals surface area contributed by atoms with Crippen LogP contribution in [0.1, 0.15) is 25.8 Å². The Morgan fingerprint density at radius 2 is 2.05 bits per heavy atom. The molecule has 0 aromatic heterocycles. The summed E-state index contributed by atoms with van der Waals surface area (Å²) < 4.78 is 27.1. The fraction of sp³-hybridized carbons (Fsp3) is 0.571. The van der Waals surface area contributed by atoms with E-state index in [4.69, 9.17) is 11.6 Å². The van der Waals surface area contributed by atoms with Crippen molar-refractivity contribution in [1.29, 1.82) is 0 Å². The van der Waals surface area contributed by atoms with Crippen LogP contribution >= 0.6 is 11.6 Å². The van der Waals surface area contributed by atoms with Gasteiger partial charge in [-0.25, -0.2) is 13.1 Å². The number of hydrogen-bond acceptors (Lipinski definition) is 3. The van der Waals surface area contributed by atoms with Crippen LogP contribution in [0.3, 0.4) is 0 Å². The van der Waals surface area contributed by atoms with Gasteiger partial charge in [-0.15, -0.1) is 0 Å². The third kappa shape index (κ3) is 3.52. The molecule has 1 unspecified atom stereocenters. The Labute approximate surface area is 126 Å². The fourth-order valence-corrected chi connectivity index (χ4v) is 3.67. The molecule has 2 N–H and O–H groups in total. The molecule has 6 heteroatoms. The molecule has 1 aliphatic rings. The van der Waals surface area contributed by atoms with Gasteiger partial charge in [0, 0.05) is 18.1 Å². The zero-order valence-electron chi connectivity index (χ0n) is 12.0. The van der Waals surface area contributed by atoms with Crippen LogP contribution in [0.2, 0.25) is 5.02 Å². The van der Waals surface area contributed by atoms with Crippen molar-refractivity contribution in [2.75, 3.05) is 13.6 Å². The average Bonchev–Trinajstić information content (AvgIpc) is 2.97. The van der Waals surface area contributed by atoms with Crippen LogP contribution in [0.4, 0.5) is 0 Å². The van der Waals surface area contributed by atoms with Crippen molar-refractivity contribution in [1.82, 2.24) is 10.0 Å². The molecule has 0 radical (unpaired) electrons. The maximum atomic E-state index is 12.2. The molecule has 2 rings (SSSR count). The zero-order chi connectivity index (χ0) is 15.0. The van der Waals surface area contributed by atoms with Crippen molar-refractivity contribution in [2.45, 2.75) is 31.7 Å². The Hall–Kier alpha value is -0.620. The van der Waals surface area contributed by atoms with Crippen LogP contribution < -0.4 is 10.0 Å². The minimum absolute atomic E-state index is 0.223. The van der Waals surface area contributed by atoms with Gasteiger partial charge < -0.3 is 5.32 Å². The third-order valence-corrected chi connectivity index (χ3v) is 5.71. The SMILES string of the molecule is CNCc1ccc(S(=O)(=O)NCC2CC2(C)C)cc1Cl. The average molecular weight is 317 g/mol. The van der Waals surface area contributed by atoms with Crippen molar-refractivity contribution in [3.63, 3.8) is 0 Å². The van der Waals surface area contributed by atoms with E-state index in [-0.39, 0.29) is 10.3 Å². The molecule has 1 atom stereocenters. The molecule has 0 bridgehead atoms. The van der Waals surface area contributed by atoms with Gasteiger partial charge in [0.1, 0.15) is 0 Å². The highest BCUT2D eigenvalue weighted by Gasteiger charge is 2.45. The second-order valence-corrected chi connectivity index (χ2v) is 8.20. The molecule has 1 saturated carbocycles. The van der Waals surface area contributed by atoms with Crippen molar-refractivity contribution in [3.8, 4) is 0 Å². The predicted molar refractivity (Wildman–Crippen MR) is 81.3 cm³/mol. The van der Waals surface area contributed by atoms with Crippen molar-refractivity contribution < 1.29 is 8.42 Å². The molecule has 20 heavy (non-hydrogen) atoms. The molecule has 0 heterocycles. The molecule has 4 nitrogen and oxygen atoms in total. The number of sulfonamides is 1. The van der Waals surface area contributed by atoms with Gasteiger partial charge in [-0.3, -0.25) is 0 Å². The van der Waals surface area contributed by atoms with Gasteiger partial charge in [-0.2, -0.15) is 0 Å². The van der Waals surface area contributed by atoms with E-state index in [1.807, 2.05) is 7.05 Å². The number of benzene rings is 1. The van der Waals surface area contributed by atoms with Crippen LogP contribution in [0.15, 0.2) is 23.1 Å². The summed E-state index contributed by atoms with van der Waals surface area (Å²) in [5, 5.41) is 3.46. The van der Waals surface area contributed by atoms with Gasteiger partial charge in [0.05, 0.1) is 4.90 Å². The molecule has 0 aliphatic heterocycles. The molecule has 1 fully saturated rings. The number of nitrogens with one attached hydrogen (secondary N) is 2. The van der Waals surface area contributed by atoms with E-state index >= 15 is 0 Å². The minimum atomic E-state index is -3.47. The quantitative estimate of drug-likeness (QED) is 0.847. The lowest BCUT2D eigenvalue weighted by atomic mass is 10.1. The summed E-state index contributed by atoms with van der Waals surface area (Å²) in [5.41, 5.74) is 1.15. The lowest BCUT2D eigenvalue weighted by molar-refractivity contribution is 0.537. The van der Waals surface area contributed by atoms with Gasteiger partial charge in [0.15, 0.2) is 0 Å².